The van der Waals surface area contributed by atoms with Crippen LogP contribution in [0.2, 0.25) is 0 Å². The van der Waals surface area contributed by atoms with Gasteiger partial charge in [-0.2, -0.15) is 0 Å². The molecule has 0 bridgehead atoms. The summed E-state index contributed by atoms with van der Waals surface area (Å²) in [6, 6.07) is 0. The first kappa shape index (κ1) is 43.1. The molecule has 0 spiro atoms. The molecule has 9 nitrogen and oxygen atoms in total. The minimum absolute atomic E-state index is 0.128. The third kappa shape index (κ3) is 29.3. The normalized spacial score (nSPS) is 12.0. The van der Waals surface area contributed by atoms with Gasteiger partial charge in [0, 0.05) is 39.0 Å². The number of unbranched alkanes of at least 4 members (excludes halogenated alkanes) is 13. The van der Waals surface area contributed by atoms with Gasteiger partial charge in [-0.15, -0.1) is 0 Å². The Morgan fingerprint density at radius 2 is 1.02 bits per heavy atom. The van der Waals surface area contributed by atoms with Gasteiger partial charge in [0.2, 0.25) is 0 Å². The Morgan fingerprint density at radius 3 is 1.58 bits per heavy atom. The van der Waals surface area contributed by atoms with E-state index in [1.54, 1.807) is 0 Å². The van der Waals surface area contributed by atoms with Crippen molar-refractivity contribution in [2.24, 2.45) is 0 Å². The van der Waals surface area contributed by atoms with Crippen LogP contribution in [0, 0.1) is 0 Å². The molecule has 1 unspecified atom stereocenters. The molecule has 0 saturated heterocycles. The summed E-state index contributed by atoms with van der Waals surface area (Å²) in [4.78, 5) is 40.1. The van der Waals surface area contributed by atoms with Crippen molar-refractivity contribution in [1.29, 1.82) is 0 Å². The number of carbonyl (C=O) groups excluding carboxylic acids is 2. The molecule has 0 aliphatic carbocycles. The van der Waals surface area contributed by atoms with Crippen LogP contribution in [0.3, 0.4) is 0 Å². The number of hydrogen-bond acceptors (Lipinski definition) is 8. The van der Waals surface area contributed by atoms with E-state index in [0.29, 0.717) is 26.1 Å². The van der Waals surface area contributed by atoms with Crippen molar-refractivity contribution in [2.75, 3.05) is 52.5 Å². The van der Waals surface area contributed by atoms with E-state index in [0.717, 1.165) is 103 Å². The predicted molar refractivity (Wildman–Crippen MR) is 183 cm³/mol. The van der Waals surface area contributed by atoms with Crippen LogP contribution in [0.15, 0.2) is 0 Å². The fourth-order valence-corrected chi connectivity index (χ4v) is 5.41. The summed E-state index contributed by atoms with van der Waals surface area (Å²) in [6.07, 6.45) is 18.9. The lowest BCUT2D eigenvalue weighted by molar-refractivity contribution is -0.144. The molecule has 9 heteroatoms. The molecule has 0 aromatic heterocycles. The Bertz CT molecular complexity index is 703. The van der Waals surface area contributed by atoms with E-state index in [2.05, 4.69) is 37.5 Å². The van der Waals surface area contributed by atoms with Gasteiger partial charge in [-0.3, -0.25) is 14.5 Å². The van der Waals surface area contributed by atoms with E-state index in [1.165, 1.54) is 38.5 Å². The smallest absolute Gasteiger partial charge is 0.481 e. The number of carbonyl (C=O) groups is 3. The molecule has 0 aliphatic rings. The number of nitrogens with zero attached hydrogens (tertiary/aromatic N) is 2. The maximum atomic E-state index is 12.6. The first-order chi connectivity index (χ1) is 21.9. The van der Waals surface area contributed by atoms with Crippen LogP contribution in [0.4, 0.5) is 4.79 Å². The maximum Gasteiger partial charge on any atom is 0.508 e. The van der Waals surface area contributed by atoms with Crippen molar-refractivity contribution in [3.05, 3.63) is 0 Å². The molecule has 0 rings (SSSR count). The zero-order chi connectivity index (χ0) is 33.4. The van der Waals surface area contributed by atoms with Gasteiger partial charge < -0.3 is 24.2 Å². The molecule has 0 fully saturated rings. The van der Waals surface area contributed by atoms with Gasteiger partial charge in [0.25, 0.3) is 0 Å². The number of carboxylic acid groups (broad SMARTS) is 1. The Hall–Kier alpha value is -1.87. The van der Waals surface area contributed by atoms with E-state index in [9.17, 15) is 14.4 Å². The van der Waals surface area contributed by atoms with Gasteiger partial charge in [-0.25, -0.2) is 4.79 Å². The minimum atomic E-state index is -0.725. The number of hydrogen-bond donors (Lipinski definition) is 1. The lowest BCUT2D eigenvalue weighted by Crippen LogP contribution is -2.39. The number of likely N-dealkylation sites (N-methyl/N-ethyl adjacent to an activating group) is 1. The highest BCUT2D eigenvalue weighted by atomic mass is 16.7. The molecule has 266 valence electrons. The van der Waals surface area contributed by atoms with Crippen LogP contribution >= 0.6 is 0 Å². The highest BCUT2D eigenvalue weighted by Crippen LogP contribution is 2.17. The standard InChI is InChI=1S/C36H70N2O7/c1-5-9-11-13-18-22-26-35(41)43-31-29-38(28-27-37(7-3)8-4)30-32-44-36(42)45-33(23-19-12-10-6-2)24-20-16-14-15-17-21-25-34(39)40/h33H,5-32H2,1-4H3,(H,39,40). The number of esters is 1. The Balaban J connectivity index is 4.60. The Kier molecular flexibility index (Phi) is 30.8. The number of rotatable bonds is 33. The summed E-state index contributed by atoms with van der Waals surface area (Å²) < 4.78 is 16.8. The Morgan fingerprint density at radius 1 is 0.556 bits per heavy atom. The van der Waals surface area contributed by atoms with Crippen LogP contribution in [-0.2, 0) is 23.8 Å². The monoisotopic (exact) mass is 643 g/mol. The van der Waals surface area contributed by atoms with Crippen molar-refractivity contribution >= 4 is 18.1 Å². The lowest BCUT2D eigenvalue weighted by Gasteiger charge is -2.26. The summed E-state index contributed by atoms with van der Waals surface area (Å²) in [5.41, 5.74) is 0. The van der Waals surface area contributed by atoms with Crippen LogP contribution in [-0.4, -0.2) is 91.6 Å². The van der Waals surface area contributed by atoms with E-state index >= 15 is 0 Å². The summed E-state index contributed by atoms with van der Waals surface area (Å²) in [5, 5.41) is 8.76. The van der Waals surface area contributed by atoms with Gasteiger partial charge >= 0.3 is 18.1 Å². The highest BCUT2D eigenvalue weighted by molar-refractivity contribution is 5.69. The fraction of sp³-hybridized carbons (Fsp3) is 0.917. The van der Waals surface area contributed by atoms with Crippen LogP contribution < -0.4 is 0 Å². The molecule has 0 aliphatic heterocycles. The quantitative estimate of drug-likeness (QED) is 0.0556. The van der Waals surface area contributed by atoms with Crippen molar-refractivity contribution in [3.8, 4) is 0 Å². The summed E-state index contributed by atoms with van der Waals surface area (Å²) in [5.74, 6) is -0.853. The SMILES string of the molecule is CCCCCCCCC(=O)OCCN(CCOC(=O)OC(CCCCCC)CCCCCCCCC(=O)O)CCN(CC)CC. The summed E-state index contributed by atoms with van der Waals surface area (Å²) in [7, 11) is 0. The number of ether oxygens (including phenoxy) is 3. The number of aliphatic carboxylic acids is 1. The molecule has 1 atom stereocenters. The van der Waals surface area contributed by atoms with Gasteiger partial charge in [-0.1, -0.05) is 105 Å². The largest absolute Gasteiger partial charge is 0.508 e. The van der Waals surface area contributed by atoms with Gasteiger partial charge in [0.15, 0.2) is 0 Å². The minimum Gasteiger partial charge on any atom is -0.481 e. The third-order valence-corrected chi connectivity index (χ3v) is 8.47. The average Bonchev–Trinajstić information content (AvgIpc) is 3.02. The maximum absolute atomic E-state index is 12.6. The van der Waals surface area contributed by atoms with Gasteiger partial charge in [-0.05, 0) is 51.6 Å². The van der Waals surface area contributed by atoms with Gasteiger partial charge in [0.1, 0.15) is 19.3 Å². The van der Waals surface area contributed by atoms with Crippen molar-refractivity contribution in [1.82, 2.24) is 9.80 Å². The molecule has 0 amide bonds. The third-order valence-electron chi connectivity index (χ3n) is 8.47. The van der Waals surface area contributed by atoms with E-state index in [4.69, 9.17) is 19.3 Å². The molecule has 0 aromatic carbocycles. The second-order valence-corrected chi connectivity index (χ2v) is 12.3. The van der Waals surface area contributed by atoms with E-state index < -0.39 is 12.1 Å². The van der Waals surface area contributed by atoms with E-state index in [1.807, 2.05) is 0 Å². The highest BCUT2D eigenvalue weighted by Gasteiger charge is 2.17. The van der Waals surface area contributed by atoms with Crippen molar-refractivity contribution in [2.45, 2.75) is 162 Å². The lowest BCUT2D eigenvalue weighted by atomic mass is 10.0. The molecule has 0 saturated carbocycles. The molecule has 45 heavy (non-hydrogen) atoms. The molecule has 0 radical (unpaired) electrons. The summed E-state index contributed by atoms with van der Waals surface area (Å²) >= 11 is 0. The topological polar surface area (TPSA) is 106 Å². The molecule has 1 N–H and O–H groups in total. The first-order valence-corrected chi connectivity index (χ1v) is 18.5. The molecule has 0 aromatic rings. The molecule has 0 heterocycles. The Labute approximate surface area is 276 Å². The second kappa shape index (κ2) is 32.1. The van der Waals surface area contributed by atoms with Gasteiger partial charge in [0.05, 0.1) is 0 Å². The molecular formula is C36H70N2O7. The molecular weight excluding hydrogens is 572 g/mol. The number of carboxylic acids is 1. The first-order valence-electron chi connectivity index (χ1n) is 18.5. The zero-order valence-corrected chi connectivity index (χ0v) is 29.7. The zero-order valence-electron chi connectivity index (χ0n) is 29.7. The predicted octanol–water partition coefficient (Wildman–Crippen LogP) is 8.62. The fourth-order valence-electron chi connectivity index (χ4n) is 5.41. The van der Waals surface area contributed by atoms with Crippen LogP contribution in [0.5, 0.6) is 0 Å². The van der Waals surface area contributed by atoms with Crippen molar-refractivity contribution < 1.29 is 33.7 Å². The van der Waals surface area contributed by atoms with E-state index in [-0.39, 0.29) is 25.1 Å². The summed E-state index contributed by atoms with van der Waals surface area (Å²) in [6.45, 7) is 14.1. The second-order valence-electron chi connectivity index (χ2n) is 12.3. The average molecular weight is 643 g/mol. The van der Waals surface area contributed by atoms with Crippen LogP contribution in [0.1, 0.15) is 156 Å². The van der Waals surface area contributed by atoms with Crippen LogP contribution in [0.25, 0.3) is 0 Å². The van der Waals surface area contributed by atoms with Crippen molar-refractivity contribution in [3.63, 3.8) is 0 Å².